The molecule has 1 unspecified atom stereocenters. The number of piperidine rings is 1. The van der Waals surface area contributed by atoms with Gasteiger partial charge < -0.3 is 25.2 Å². The van der Waals surface area contributed by atoms with E-state index in [1.54, 1.807) is 4.90 Å². The molecule has 5 fully saturated rings. The second-order valence-corrected chi connectivity index (χ2v) is 15.1. The molecule has 10 heteroatoms. The van der Waals surface area contributed by atoms with Gasteiger partial charge in [-0.05, 0) is 62.3 Å². The van der Waals surface area contributed by atoms with Crippen LogP contribution < -0.4 is 5.32 Å². The minimum atomic E-state index is -1.98. The van der Waals surface area contributed by atoms with Crippen LogP contribution in [0.4, 0.5) is 0 Å². The number of H-pyrrole nitrogens is 1. The van der Waals surface area contributed by atoms with Crippen molar-refractivity contribution in [3.05, 3.63) is 35.5 Å². The van der Waals surface area contributed by atoms with E-state index in [9.17, 15) is 19.5 Å². The van der Waals surface area contributed by atoms with Crippen LogP contribution in [0, 0.1) is 17.8 Å². The molecule has 0 radical (unpaired) electrons. The summed E-state index contributed by atoms with van der Waals surface area (Å²) in [6.07, 6.45) is 11.0. The van der Waals surface area contributed by atoms with E-state index in [1.165, 1.54) is 27.8 Å². The van der Waals surface area contributed by atoms with E-state index in [2.05, 4.69) is 46.6 Å². The molecule has 3 amide bonds. The zero-order valence-corrected chi connectivity index (χ0v) is 26.8. The number of benzene rings is 1. The molecule has 6 aliphatic rings. The molecule has 4 aliphatic heterocycles. The number of carbonyl (C=O) groups is 3. The number of fused-ring (bicyclic) bond motifs is 5. The lowest BCUT2D eigenvalue weighted by Crippen LogP contribution is -2.71. The molecule has 4 saturated heterocycles. The Morgan fingerprint density at radius 3 is 2.73 bits per heavy atom. The van der Waals surface area contributed by atoms with Gasteiger partial charge in [0.25, 0.3) is 11.8 Å². The van der Waals surface area contributed by atoms with Gasteiger partial charge in [-0.25, -0.2) is 0 Å². The van der Waals surface area contributed by atoms with Gasteiger partial charge in [-0.3, -0.25) is 24.0 Å². The molecule has 1 saturated carbocycles. The van der Waals surface area contributed by atoms with Gasteiger partial charge >= 0.3 is 0 Å². The molecule has 0 spiro atoms. The fourth-order valence-corrected chi connectivity index (χ4v) is 9.92. The Labute approximate surface area is 264 Å². The average molecular weight is 618 g/mol. The number of hydrogen-bond acceptors (Lipinski definition) is 6. The number of aliphatic hydroxyl groups is 1. The number of aromatic amines is 1. The highest BCUT2D eigenvalue weighted by Gasteiger charge is 2.72. The first-order chi connectivity index (χ1) is 21.6. The standard InChI is InChI=1S/C35H47N5O5/c1-20(2)34(37-31(41)23-16-25-24-11-7-12-26-30(24)22(18-36-26)17-27(25)38(3)19-23)33(43)40-28(15-21-9-5-4-6-10-21)32(42)39-14-8-13-29(39)35(40,44)45-34/h7,11-12,18,20-21,23,25,27-29,36,44H,4-6,8-10,13-17,19H2,1-3H3,(H,37,41)/t23-,25?,27-,28+,29+,34-,35+/m1/s1. The molecule has 10 nitrogen and oxygen atoms in total. The molecule has 7 atom stereocenters. The van der Waals surface area contributed by atoms with E-state index in [0.29, 0.717) is 44.3 Å². The SMILES string of the molecule is CC(C)[C@@]1(NC(=O)[C@@H]2CC3c4cccc5[nH]cc(c45)C[C@H]3N(C)C2)O[C@@]2(O)[C@@H]3CCCN3C(=O)[C@H](CC3CCCCC3)N2C1=O. The fourth-order valence-electron chi connectivity index (χ4n) is 9.92. The summed E-state index contributed by atoms with van der Waals surface area (Å²) in [6, 6.07) is 5.23. The number of aromatic nitrogens is 1. The van der Waals surface area contributed by atoms with Gasteiger partial charge in [0.2, 0.25) is 17.5 Å². The Kier molecular flexibility index (Phi) is 6.90. The summed E-state index contributed by atoms with van der Waals surface area (Å²) in [4.78, 5) is 51.7. The minimum Gasteiger partial charge on any atom is -0.361 e. The third-order valence-electron chi connectivity index (χ3n) is 12.3. The first-order valence-electron chi connectivity index (χ1n) is 17.3. The summed E-state index contributed by atoms with van der Waals surface area (Å²) in [6.45, 7) is 4.82. The van der Waals surface area contributed by atoms with Crippen LogP contribution in [0.15, 0.2) is 24.4 Å². The quantitative estimate of drug-likeness (QED) is 0.473. The van der Waals surface area contributed by atoms with E-state index >= 15 is 0 Å². The maximum absolute atomic E-state index is 14.7. The highest BCUT2D eigenvalue weighted by Crippen LogP contribution is 2.50. The lowest BCUT2D eigenvalue weighted by molar-refractivity contribution is -0.322. The van der Waals surface area contributed by atoms with Crippen LogP contribution in [0.2, 0.25) is 0 Å². The smallest absolute Gasteiger partial charge is 0.281 e. The van der Waals surface area contributed by atoms with Crippen LogP contribution in [0.5, 0.6) is 0 Å². The predicted octanol–water partition coefficient (Wildman–Crippen LogP) is 3.44. The number of hydrogen-bond donors (Lipinski definition) is 3. The van der Waals surface area contributed by atoms with Crippen molar-refractivity contribution in [2.24, 2.45) is 17.8 Å². The number of carbonyl (C=O) groups excluding carboxylic acids is 3. The van der Waals surface area contributed by atoms with Crippen molar-refractivity contribution in [1.82, 2.24) is 25.0 Å². The Bertz CT molecular complexity index is 1530. The zero-order valence-electron chi connectivity index (χ0n) is 26.8. The normalized spacial score (nSPS) is 36.9. The van der Waals surface area contributed by atoms with Crippen LogP contribution in [0.3, 0.4) is 0 Å². The van der Waals surface area contributed by atoms with Crippen LogP contribution >= 0.6 is 0 Å². The average Bonchev–Trinajstić information content (AvgIpc) is 3.74. The highest BCUT2D eigenvalue weighted by atomic mass is 16.7. The molecule has 8 rings (SSSR count). The molecule has 1 aromatic carbocycles. The zero-order chi connectivity index (χ0) is 31.2. The van der Waals surface area contributed by atoms with Gasteiger partial charge in [-0.1, -0.05) is 58.1 Å². The van der Waals surface area contributed by atoms with Crippen LogP contribution in [-0.2, 0) is 25.5 Å². The lowest BCUT2D eigenvalue weighted by atomic mass is 9.72. The first-order valence-corrected chi connectivity index (χ1v) is 17.3. The Morgan fingerprint density at radius 2 is 1.96 bits per heavy atom. The highest BCUT2D eigenvalue weighted by molar-refractivity contribution is 5.97. The second-order valence-electron chi connectivity index (χ2n) is 15.1. The Balaban J connectivity index is 1.10. The Morgan fingerprint density at radius 1 is 1.16 bits per heavy atom. The van der Waals surface area contributed by atoms with Gasteiger partial charge in [0.15, 0.2) is 0 Å². The lowest BCUT2D eigenvalue weighted by Gasteiger charge is -2.49. The van der Waals surface area contributed by atoms with Gasteiger partial charge in [-0.2, -0.15) is 0 Å². The fraction of sp³-hybridized carbons (Fsp3) is 0.686. The van der Waals surface area contributed by atoms with Crippen LogP contribution in [0.1, 0.15) is 88.7 Å². The van der Waals surface area contributed by atoms with E-state index in [4.69, 9.17) is 4.74 Å². The van der Waals surface area contributed by atoms with Crippen LogP contribution in [-0.4, -0.2) is 92.4 Å². The number of nitrogens with one attached hydrogen (secondary N) is 2. The molecular formula is C35H47N5O5. The maximum Gasteiger partial charge on any atom is 0.281 e. The summed E-state index contributed by atoms with van der Waals surface area (Å²) in [5.41, 5.74) is 1.96. The predicted molar refractivity (Wildman–Crippen MR) is 168 cm³/mol. The second kappa shape index (κ2) is 10.5. The molecule has 1 aromatic heterocycles. The number of ether oxygens (including phenoxy) is 1. The maximum atomic E-state index is 14.7. The van der Waals surface area contributed by atoms with Crippen molar-refractivity contribution < 1.29 is 24.2 Å². The molecule has 0 bridgehead atoms. The summed E-state index contributed by atoms with van der Waals surface area (Å²) >= 11 is 0. The van der Waals surface area contributed by atoms with Crippen LogP contribution in [0.25, 0.3) is 10.9 Å². The molecule has 5 heterocycles. The molecule has 242 valence electrons. The monoisotopic (exact) mass is 617 g/mol. The van der Waals surface area contributed by atoms with E-state index < -0.39 is 35.5 Å². The number of nitrogens with zero attached hydrogens (tertiary/aromatic N) is 3. The molecular weight excluding hydrogens is 570 g/mol. The largest absolute Gasteiger partial charge is 0.361 e. The number of rotatable bonds is 5. The number of likely N-dealkylation sites (tertiary alicyclic amines) is 1. The molecule has 45 heavy (non-hydrogen) atoms. The summed E-state index contributed by atoms with van der Waals surface area (Å²) in [5, 5.41) is 16.7. The first kappa shape index (κ1) is 29.5. The molecule has 2 aromatic rings. The minimum absolute atomic E-state index is 0.0915. The number of piperazine rings is 1. The van der Waals surface area contributed by atoms with Gasteiger partial charge in [0, 0.05) is 48.1 Å². The topological polar surface area (TPSA) is 118 Å². The number of likely N-dealkylation sites (N-methyl/N-ethyl adjacent to an activating group) is 1. The van der Waals surface area contributed by atoms with E-state index in [0.717, 1.165) is 44.0 Å². The van der Waals surface area contributed by atoms with Gasteiger partial charge in [-0.15, -0.1) is 0 Å². The molecule has 2 aliphatic carbocycles. The molecule has 3 N–H and O–H groups in total. The van der Waals surface area contributed by atoms with E-state index in [1.807, 2.05) is 13.8 Å². The van der Waals surface area contributed by atoms with Crippen molar-refractivity contribution in [3.8, 4) is 0 Å². The third kappa shape index (κ3) is 4.27. The summed E-state index contributed by atoms with van der Waals surface area (Å²) in [7, 11) is 2.09. The van der Waals surface area contributed by atoms with Crippen molar-refractivity contribution >= 4 is 28.6 Å². The summed E-state index contributed by atoms with van der Waals surface area (Å²) in [5.74, 6) is -3.13. The van der Waals surface area contributed by atoms with Crippen molar-refractivity contribution in [1.29, 1.82) is 0 Å². The summed E-state index contributed by atoms with van der Waals surface area (Å²) < 4.78 is 6.56. The van der Waals surface area contributed by atoms with Crippen molar-refractivity contribution in [2.45, 2.75) is 114 Å². The number of amides is 3. The third-order valence-corrected chi connectivity index (χ3v) is 12.3. The Hall–Kier alpha value is -2.95. The van der Waals surface area contributed by atoms with Crippen molar-refractivity contribution in [2.75, 3.05) is 20.1 Å². The van der Waals surface area contributed by atoms with Gasteiger partial charge in [0.1, 0.15) is 12.1 Å². The van der Waals surface area contributed by atoms with E-state index in [-0.39, 0.29) is 23.7 Å². The van der Waals surface area contributed by atoms with Crippen molar-refractivity contribution in [3.63, 3.8) is 0 Å². The van der Waals surface area contributed by atoms with Gasteiger partial charge in [0.05, 0.1) is 5.92 Å².